The summed E-state index contributed by atoms with van der Waals surface area (Å²) in [5.74, 6) is 8.67. The van der Waals surface area contributed by atoms with Gasteiger partial charge in [0.05, 0.1) is 23.2 Å². The van der Waals surface area contributed by atoms with Gasteiger partial charge in [-0.2, -0.15) is 0 Å². The third-order valence-corrected chi connectivity index (χ3v) is 4.89. The molecule has 0 saturated carbocycles. The van der Waals surface area contributed by atoms with Crippen LogP contribution >= 0.6 is 0 Å². The highest BCUT2D eigenvalue weighted by Crippen LogP contribution is 2.25. The molecule has 1 aromatic carbocycles. The van der Waals surface area contributed by atoms with Crippen LogP contribution in [-0.2, 0) is 17.9 Å². The number of nitrogens with one attached hydrogen (secondary N) is 1. The largest absolute Gasteiger partial charge is 0.384 e. The Bertz CT molecular complexity index is 1280. The Balaban J connectivity index is 1.60. The lowest BCUT2D eigenvalue weighted by molar-refractivity contribution is 0.0830. The quantitative estimate of drug-likeness (QED) is 0.501. The van der Waals surface area contributed by atoms with Crippen molar-refractivity contribution < 1.29 is 4.74 Å². The van der Waals surface area contributed by atoms with Gasteiger partial charge in [-0.05, 0) is 24.3 Å². The topological polar surface area (TPSA) is 90.9 Å². The minimum atomic E-state index is 0.457. The molecule has 0 radical (unpaired) electrons. The molecule has 28 heavy (non-hydrogen) atoms. The minimum Gasteiger partial charge on any atom is -0.384 e. The van der Waals surface area contributed by atoms with Crippen LogP contribution in [0, 0.1) is 11.8 Å². The molecule has 0 spiro atoms. The van der Waals surface area contributed by atoms with E-state index in [1.54, 1.807) is 12.4 Å². The summed E-state index contributed by atoms with van der Waals surface area (Å²) >= 11 is 0. The number of rotatable bonds is 1. The first kappa shape index (κ1) is 16.5. The normalized spacial score (nSPS) is 13.2. The van der Waals surface area contributed by atoms with Crippen molar-refractivity contribution in [1.29, 1.82) is 0 Å². The summed E-state index contributed by atoms with van der Waals surface area (Å²) < 4.78 is 7.70. The van der Waals surface area contributed by atoms with E-state index in [1.165, 1.54) is 0 Å². The second-order valence-electron chi connectivity index (χ2n) is 6.61. The van der Waals surface area contributed by atoms with E-state index >= 15 is 0 Å². The van der Waals surface area contributed by atoms with Gasteiger partial charge < -0.3 is 20.4 Å². The number of nitrogen functional groups attached to an aromatic ring is 1. The summed E-state index contributed by atoms with van der Waals surface area (Å²) in [5, 5.41) is 4.90. The molecule has 7 nitrogen and oxygen atoms in total. The zero-order valence-corrected chi connectivity index (χ0v) is 15.4. The predicted molar refractivity (Wildman–Crippen MR) is 109 cm³/mol. The van der Waals surface area contributed by atoms with Crippen molar-refractivity contribution in [3.05, 3.63) is 53.6 Å². The average molecular weight is 370 g/mol. The van der Waals surface area contributed by atoms with Crippen LogP contribution in [-0.4, -0.2) is 33.2 Å². The first-order valence-electron chi connectivity index (χ1n) is 9.04. The molecule has 138 valence electrons. The van der Waals surface area contributed by atoms with Gasteiger partial charge in [0.1, 0.15) is 24.1 Å². The zero-order valence-electron chi connectivity index (χ0n) is 15.4. The second kappa shape index (κ2) is 6.51. The van der Waals surface area contributed by atoms with E-state index < -0.39 is 0 Å². The van der Waals surface area contributed by atoms with Crippen LogP contribution in [0.4, 0.5) is 11.6 Å². The Morgan fingerprint density at radius 3 is 2.96 bits per heavy atom. The van der Waals surface area contributed by atoms with Crippen molar-refractivity contribution in [2.75, 3.05) is 24.7 Å². The molecule has 4 aromatic rings. The van der Waals surface area contributed by atoms with E-state index in [1.807, 2.05) is 25.2 Å². The third kappa shape index (κ3) is 2.71. The molecular weight excluding hydrogens is 352 g/mol. The Morgan fingerprint density at radius 2 is 2.07 bits per heavy atom. The van der Waals surface area contributed by atoms with Crippen LogP contribution in [0.3, 0.4) is 0 Å². The highest BCUT2D eigenvalue weighted by molar-refractivity contribution is 5.96. The molecule has 0 unspecified atom stereocenters. The second-order valence-corrected chi connectivity index (χ2v) is 6.61. The van der Waals surface area contributed by atoms with E-state index in [0.717, 1.165) is 51.1 Å². The standard InChI is InChI=1S/C21H18N6O/c1-23-21-16-11-24-19(22)9-15(16)14(10-25-21)4-2-13-3-5-17-18(8-13)27-6-7-28-12-20(27)26-17/h3,5,8-11H,6-7,12H2,1H3,(H2,22,24)(H,23,25). The summed E-state index contributed by atoms with van der Waals surface area (Å²) in [7, 11) is 1.83. The van der Waals surface area contributed by atoms with E-state index in [2.05, 4.69) is 42.7 Å². The first-order chi connectivity index (χ1) is 13.7. The Morgan fingerprint density at radius 1 is 1.14 bits per heavy atom. The van der Waals surface area contributed by atoms with Gasteiger partial charge in [0, 0.05) is 42.3 Å². The number of fused-ring (bicyclic) bond motifs is 4. The van der Waals surface area contributed by atoms with E-state index in [0.29, 0.717) is 19.0 Å². The molecule has 0 amide bonds. The lowest BCUT2D eigenvalue weighted by Gasteiger charge is -2.14. The molecule has 0 atom stereocenters. The molecule has 4 heterocycles. The highest BCUT2D eigenvalue weighted by atomic mass is 16.5. The number of nitrogens with two attached hydrogens (primary N) is 1. The fourth-order valence-corrected chi connectivity index (χ4v) is 3.52. The number of anilines is 2. The van der Waals surface area contributed by atoms with Crippen LogP contribution in [0.25, 0.3) is 21.8 Å². The number of pyridine rings is 2. The number of hydrogen-bond donors (Lipinski definition) is 2. The van der Waals surface area contributed by atoms with Crippen LogP contribution < -0.4 is 11.1 Å². The van der Waals surface area contributed by atoms with Gasteiger partial charge >= 0.3 is 0 Å². The number of aromatic nitrogens is 4. The van der Waals surface area contributed by atoms with Gasteiger partial charge in [-0.25, -0.2) is 15.0 Å². The van der Waals surface area contributed by atoms with Crippen molar-refractivity contribution in [1.82, 2.24) is 19.5 Å². The molecule has 0 fully saturated rings. The molecular formula is C21H18N6O. The maximum Gasteiger partial charge on any atom is 0.136 e. The molecule has 1 aliphatic rings. The van der Waals surface area contributed by atoms with Crippen molar-refractivity contribution in [2.45, 2.75) is 13.2 Å². The molecule has 0 saturated heterocycles. The monoisotopic (exact) mass is 370 g/mol. The summed E-state index contributed by atoms with van der Waals surface area (Å²) in [6, 6.07) is 7.91. The van der Waals surface area contributed by atoms with Crippen LogP contribution in [0.1, 0.15) is 17.0 Å². The van der Waals surface area contributed by atoms with E-state index in [9.17, 15) is 0 Å². The van der Waals surface area contributed by atoms with Crippen molar-refractivity contribution >= 4 is 33.4 Å². The summed E-state index contributed by atoms with van der Waals surface area (Å²) in [4.78, 5) is 13.3. The van der Waals surface area contributed by atoms with E-state index in [-0.39, 0.29) is 0 Å². The molecule has 3 aromatic heterocycles. The lowest BCUT2D eigenvalue weighted by Crippen LogP contribution is -2.16. The van der Waals surface area contributed by atoms with E-state index in [4.69, 9.17) is 10.5 Å². The van der Waals surface area contributed by atoms with Gasteiger partial charge in [-0.3, -0.25) is 0 Å². The molecule has 5 rings (SSSR count). The average Bonchev–Trinajstić information content (AvgIpc) is 3.10. The number of ether oxygens (including phenoxy) is 1. The third-order valence-electron chi connectivity index (χ3n) is 4.89. The Kier molecular flexibility index (Phi) is 3.85. The molecule has 1 aliphatic heterocycles. The first-order valence-corrected chi connectivity index (χ1v) is 9.04. The Labute approximate surface area is 161 Å². The van der Waals surface area contributed by atoms with Gasteiger partial charge in [-0.1, -0.05) is 11.8 Å². The van der Waals surface area contributed by atoms with Gasteiger partial charge in [0.2, 0.25) is 0 Å². The number of benzene rings is 1. The zero-order chi connectivity index (χ0) is 19.1. The van der Waals surface area contributed by atoms with Gasteiger partial charge in [0.15, 0.2) is 0 Å². The predicted octanol–water partition coefficient (Wildman–Crippen LogP) is 2.53. The summed E-state index contributed by atoms with van der Waals surface area (Å²) in [6.07, 6.45) is 3.48. The smallest absolute Gasteiger partial charge is 0.136 e. The summed E-state index contributed by atoms with van der Waals surface area (Å²) in [6.45, 7) is 2.08. The maximum absolute atomic E-state index is 5.89. The highest BCUT2D eigenvalue weighted by Gasteiger charge is 2.14. The lowest BCUT2D eigenvalue weighted by atomic mass is 10.1. The van der Waals surface area contributed by atoms with Gasteiger partial charge in [0.25, 0.3) is 0 Å². The van der Waals surface area contributed by atoms with Crippen molar-refractivity contribution in [2.24, 2.45) is 0 Å². The molecule has 7 heteroatoms. The number of imidazole rings is 1. The minimum absolute atomic E-state index is 0.457. The van der Waals surface area contributed by atoms with Crippen LogP contribution in [0.15, 0.2) is 36.7 Å². The van der Waals surface area contributed by atoms with Crippen molar-refractivity contribution in [3.63, 3.8) is 0 Å². The Hall–Kier alpha value is -3.63. The number of hydrogen-bond acceptors (Lipinski definition) is 6. The molecule has 0 bridgehead atoms. The van der Waals surface area contributed by atoms with Crippen LogP contribution in [0.5, 0.6) is 0 Å². The molecule has 3 N–H and O–H groups in total. The van der Waals surface area contributed by atoms with Crippen molar-refractivity contribution in [3.8, 4) is 11.8 Å². The SMILES string of the molecule is CNc1ncc(C#Cc2ccc3nc4n(c3c2)CCOC4)c2cc(N)ncc12. The van der Waals surface area contributed by atoms with Crippen LogP contribution in [0.2, 0.25) is 0 Å². The maximum atomic E-state index is 5.89. The fraction of sp³-hybridized carbons (Fsp3) is 0.190. The fourth-order valence-electron chi connectivity index (χ4n) is 3.52. The van der Waals surface area contributed by atoms with Gasteiger partial charge in [-0.15, -0.1) is 0 Å². The number of nitrogens with zero attached hydrogens (tertiary/aromatic N) is 4. The summed E-state index contributed by atoms with van der Waals surface area (Å²) in [5.41, 5.74) is 9.68. The molecule has 0 aliphatic carbocycles.